The van der Waals surface area contributed by atoms with Gasteiger partial charge in [0.2, 0.25) is 0 Å². The molecule has 1 amide bonds. The molecule has 0 radical (unpaired) electrons. The predicted octanol–water partition coefficient (Wildman–Crippen LogP) is 3.03. The third-order valence-corrected chi connectivity index (χ3v) is 4.51. The molecule has 0 atom stereocenters. The molecular formula is C17H27N3O. The van der Waals surface area contributed by atoms with Crippen molar-refractivity contribution in [2.75, 3.05) is 24.7 Å². The molecule has 1 aliphatic carbocycles. The highest BCUT2D eigenvalue weighted by Gasteiger charge is 2.23. The molecular weight excluding hydrogens is 262 g/mol. The maximum Gasteiger partial charge on any atom is 0.253 e. The average Bonchev–Trinajstić information content (AvgIpc) is 2.47. The van der Waals surface area contributed by atoms with Gasteiger partial charge in [-0.15, -0.1) is 0 Å². The van der Waals surface area contributed by atoms with E-state index in [0.717, 1.165) is 24.4 Å². The van der Waals surface area contributed by atoms with Crippen LogP contribution in [0.15, 0.2) is 18.2 Å². The molecule has 2 rings (SSSR count). The summed E-state index contributed by atoms with van der Waals surface area (Å²) in [5.41, 5.74) is 8.03. The Labute approximate surface area is 127 Å². The van der Waals surface area contributed by atoms with E-state index in [1.807, 2.05) is 31.1 Å². The molecule has 4 nitrogen and oxygen atoms in total. The van der Waals surface area contributed by atoms with Crippen molar-refractivity contribution in [3.8, 4) is 0 Å². The number of anilines is 2. The molecule has 116 valence electrons. The molecule has 1 aromatic carbocycles. The van der Waals surface area contributed by atoms with Gasteiger partial charge >= 0.3 is 0 Å². The van der Waals surface area contributed by atoms with E-state index in [1.165, 1.54) is 19.3 Å². The average molecular weight is 289 g/mol. The van der Waals surface area contributed by atoms with Gasteiger partial charge in [0.05, 0.1) is 5.56 Å². The summed E-state index contributed by atoms with van der Waals surface area (Å²) >= 11 is 0. The van der Waals surface area contributed by atoms with Crippen molar-refractivity contribution in [2.45, 2.75) is 45.1 Å². The molecule has 0 heterocycles. The second-order valence-corrected chi connectivity index (χ2v) is 6.27. The van der Waals surface area contributed by atoms with Crippen LogP contribution in [0.25, 0.3) is 0 Å². The number of nitrogens with two attached hydrogens (primary N) is 1. The number of benzene rings is 1. The number of rotatable bonds is 4. The van der Waals surface area contributed by atoms with Crippen LogP contribution in [0.4, 0.5) is 11.4 Å². The zero-order valence-corrected chi connectivity index (χ0v) is 13.4. The van der Waals surface area contributed by atoms with Gasteiger partial charge in [-0.25, -0.2) is 0 Å². The van der Waals surface area contributed by atoms with E-state index in [9.17, 15) is 4.79 Å². The Bertz CT molecular complexity index is 491. The van der Waals surface area contributed by atoms with Crippen LogP contribution in [-0.2, 0) is 0 Å². The van der Waals surface area contributed by atoms with Crippen LogP contribution in [0.2, 0.25) is 0 Å². The second kappa shape index (κ2) is 6.83. The minimum absolute atomic E-state index is 0.00838. The lowest BCUT2D eigenvalue weighted by Gasteiger charge is -2.29. The maximum atomic E-state index is 12.5. The Hall–Kier alpha value is -1.71. The van der Waals surface area contributed by atoms with Crippen LogP contribution in [0.3, 0.4) is 0 Å². The number of carbonyl (C=O) groups excluding carboxylic acids is 1. The number of hydrogen-bond acceptors (Lipinski definition) is 3. The van der Waals surface area contributed by atoms with Crippen LogP contribution in [0, 0.1) is 5.92 Å². The van der Waals surface area contributed by atoms with Crippen molar-refractivity contribution in [3.05, 3.63) is 23.8 Å². The Morgan fingerprint density at radius 2 is 1.95 bits per heavy atom. The number of nitrogen functional groups attached to an aromatic ring is 1. The van der Waals surface area contributed by atoms with Crippen molar-refractivity contribution in [1.29, 1.82) is 0 Å². The van der Waals surface area contributed by atoms with Gasteiger partial charge in [0.1, 0.15) is 0 Å². The van der Waals surface area contributed by atoms with Crippen LogP contribution in [-0.4, -0.2) is 26.0 Å². The summed E-state index contributed by atoms with van der Waals surface area (Å²) in [7, 11) is 3.88. The third-order valence-electron chi connectivity index (χ3n) is 4.51. The first-order valence-electron chi connectivity index (χ1n) is 7.89. The largest absolute Gasteiger partial charge is 0.399 e. The summed E-state index contributed by atoms with van der Waals surface area (Å²) in [6.45, 7) is 2.25. The first kappa shape index (κ1) is 15.7. The summed E-state index contributed by atoms with van der Waals surface area (Å²) in [6.07, 6.45) is 5.87. The lowest BCUT2D eigenvalue weighted by Crippen LogP contribution is -2.38. The summed E-state index contributed by atoms with van der Waals surface area (Å²) in [5, 5.41) is 3.18. The highest BCUT2D eigenvalue weighted by molar-refractivity contribution is 6.00. The van der Waals surface area contributed by atoms with Crippen molar-refractivity contribution in [3.63, 3.8) is 0 Å². The molecule has 1 aliphatic rings. The van der Waals surface area contributed by atoms with Gasteiger partial charge in [-0.05, 0) is 49.8 Å². The fraction of sp³-hybridized carbons (Fsp3) is 0.588. The fourth-order valence-electron chi connectivity index (χ4n) is 3.10. The lowest BCUT2D eigenvalue weighted by atomic mass is 9.84. The third kappa shape index (κ3) is 3.90. The molecule has 1 fully saturated rings. The number of nitrogens with zero attached hydrogens (tertiary/aromatic N) is 1. The van der Waals surface area contributed by atoms with E-state index >= 15 is 0 Å². The van der Waals surface area contributed by atoms with Crippen molar-refractivity contribution >= 4 is 17.3 Å². The van der Waals surface area contributed by atoms with E-state index in [-0.39, 0.29) is 5.91 Å². The molecule has 0 aliphatic heterocycles. The molecule has 4 heteroatoms. The van der Waals surface area contributed by atoms with Gasteiger partial charge in [-0.1, -0.05) is 13.3 Å². The normalized spacial score (nSPS) is 21.9. The summed E-state index contributed by atoms with van der Waals surface area (Å²) in [6, 6.07) is 5.80. The first-order chi connectivity index (χ1) is 10.0. The van der Waals surface area contributed by atoms with Crippen LogP contribution in [0.1, 0.15) is 49.4 Å². The Kier molecular flexibility index (Phi) is 5.10. The highest BCUT2D eigenvalue weighted by Crippen LogP contribution is 2.27. The van der Waals surface area contributed by atoms with E-state index < -0.39 is 0 Å². The quantitative estimate of drug-likeness (QED) is 0.838. The zero-order valence-electron chi connectivity index (χ0n) is 13.4. The number of amides is 1. The SMILES string of the molecule is CCC1CCC(NC(=O)c2cc(N)ccc2N(C)C)CC1. The standard InChI is InChI=1S/C17H27N3O/c1-4-12-5-8-14(9-6-12)19-17(21)15-11-13(18)7-10-16(15)20(2)3/h7,10-12,14H,4-6,8-9,18H2,1-3H3,(H,19,21). The molecule has 1 aromatic rings. The molecule has 0 saturated heterocycles. The molecule has 0 spiro atoms. The van der Waals surface area contributed by atoms with Crippen molar-refractivity contribution < 1.29 is 4.79 Å². The number of nitrogens with one attached hydrogen (secondary N) is 1. The zero-order chi connectivity index (χ0) is 15.4. The van der Waals surface area contributed by atoms with Crippen molar-refractivity contribution in [1.82, 2.24) is 5.32 Å². The minimum atomic E-state index is -0.00838. The molecule has 0 bridgehead atoms. The molecule has 1 saturated carbocycles. The fourth-order valence-corrected chi connectivity index (χ4v) is 3.10. The summed E-state index contributed by atoms with van der Waals surface area (Å²) in [5.74, 6) is 0.828. The van der Waals surface area contributed by atoms with Gasteiger partial charge in [-0.3, -0.25) is 4.79 Å². The van der Waals surface area contributed by atoms with Crippen LogP contribution >= 0.6 is 0 Å². The van der Waals surface area contributed by atoms with Gasteiger partial charge < -0.3 is 16.0 Å². The Balaban J connectivity index is 2.05. The van der Waals surface area contributed by atoms with E-state index in [1.54, 1.807) is 6.07 Å². The Morgan fingerprint density at radius 3 is 2.52 bits per heavy atom. The van der Waals surface area contributed by atoms with Crippen LogP contribution < -0.4 is 16.0 Å². The van der Waals surface area contributed by atoms with Crippen molar-refractivity contribution in [2.24, 2.45) is 5.92 Å². The maximum absolute atomic E-state index is 12.5. The summed E-state index contributed by atoms with van der Waals surface area (Å²) < 4.78 is 0. The van der Waals surface area contributed by atoms with Crippen LogP contribution in [0.5, 0.6) is 0 Å². The van der Waals surface area contributed by atoms with Gasteiger partial charge in [0, 0.05) is 31.5 Å². The van der Waals surface area contributed by atoms with Gasteiger partial charge in [0.25, 0.3) is 5.91 Å². The molecule has 21 heavy (non-hydrogen) atoms. The topological polar surface area (TPSA) is 58.4 Å². The molecule has 0 aromatic heterocycles. The van der Waals surface area contributed by atoms with E-state index in [2.05, 4.69) is 12.2 Å². The second-order valence-electron chi connectivity index (χ2n) is 6.27. The monoisotopic (exact) mass is 289 g/mol. The molecule has 3 N–H and O–H groups in total. The number of carbonyl (C=O) groups is 1. The molecule has 0 unspecified atom stereocenters. The van der Waals surface area contributed by atoms with Gasteiger partial charge in [0.15, 0.2) is 0 Å². The number of hydrogen-bond donors (Lipinski definition) is 2. The predicted molar refractivity (Wildman–Crippen MR) is 88.7 cm³/mol. The minimum Gasteiger partial charge on any atom is -0.399 e. The Morgan fingerprint density at radius 1 is 1.29 bits per heavy atom. The lowest BCUT2D eigenvalue weighted by molar-refractivity contribution is 0.0922. The first-order valence-corrected chi connectivity index (χ1v) is 7.89. The summed E-state index contributed by atoms with van der Waals surface area (Å²) in [4.78, 5) is 14.5. The van der Waals surface area contributed by atoms with Gasteiger partial charge in [-0.2, -0.15) is 0 Å². The van der Waals surface area contributed by atoms with E-state index in [4.69, 9.17) is 5.73 Å². The highest BCUT2D eigenvalue weighted by atomic mass is 16.1. The smallest absolute Gasteiger partial charge is 0.253 e. The van der Waals surface area contributed by atoms with E-state index in [0.29, 0.717) is 17.3 Å².